The van der Waals surface area contributed by atoms with Crippen molar-refractivity contribution >= 4 is 25.7 Å². The molecular formula is C68H119O11P. The Bertz CT molecular complexity index is 1670. The first-order valence-electron chi connectivity index (χ1n) is 32.5. The summed E-state index contributed by atoms with van der Waals surface area (Å²) in [4.78, 5) is 48.8. The van der Waals surface area contributed by atoms with Crippen LogP contribution in [0.3, 0.4) is 0 Å². The second-order valence-corrected chi connectivity index (χ2v) is 23.0. The lowest BCUT2D eigenvalue weighted by Crippen LogP contribution is -2.30. The summed E-state index contributed by atoms with van der Waals surface area (Å²) in [5, 5.41) is 9.85. The van der Waals surface area contributed by atoms with Crippen molar-refractivity contribution in [1.82, 2.24) is 0 Å². The average Bonchev–Trinajstić information content (AvgIpc) is 3.45. The number of phosphoric acid groups is 1. The summed E-state index contributed by atoms with van der Waals surface area (Å²) >= 11 is 0. The molecule has 11 nitrogen and oxygen atoms in total. The summed E-state index contributed by atoms with van der Waals surface area (Å²) < 4.78 is 39.7. The zero-order chi connectivity index (χ0) is 58.3. The Morgan fingerprint density at radius 1 is 0.362 bits per heavy atom. The second-order valence-electron chi connectivity index (χ2n) is 21.5. The van der Waals surface area contributed by atoms with E-state index in [9.17, 15) is 28.9 Å². The highest BCUT2D eigenvalue weighted by atomic mass is 31.2. The van der Waals surface area contributed by atoms with E-state index in [-0.39, 0.29) is 25.9 Å². The van der Waals surface area contributed by atoms with Gasteiger partial charge in [-0.25, -0.2) is 4.57 Å². The Morgan fingerprint density at radius 2 is 0.650 bits per heavy atom. The number of carbonyl (C=O) groups excluding carboxylic acids is 3. The maximum atomic E-state index is 13.0. The predicted molar refractivity (Wildman–Crippen MR) is 334 cm³/mol. The zero-order valence-electron chi connectivity index (χ0n) is 51.3. The molecule has 0 spiro atoms. The van der Waals surface area contributed by atoms with Crippen LogP contribution in [0.2, 0.25) is 0 Å². The van der Waals surface area contributed by atoms with Crippen molar-refractivity contribution < 1.29 is 52.2 Å². The number of phosphoric ester groups is 1. The minimum absolute atomic E-state index is 0.149. The van der Waals surface area contributed by atoms with Crippen LogP contribution in [0.4, 0.5) is 0 Å². The molecule has 0 aliphatic rings. The summed E-state index contributed by atoms with van der Waals surface area (Å²) in [5.74, 6) is -1.49. The van der Waals surface area contributed by atoms with Gasteiger partial charge in [0.15, 0.2) is 6.10 Å². The van der Waals surface area contributed by atoms with E-state index >= 15 is 0 Å². The van der Waals surface area contributed by atoms with Gasteiger partial charge in [0.05, 0.1) is 19.8 Å². The summed E-state index contributed by atoms with van der Waals surface area (Å²) in [7, 11) is -4.76. The first-order chi connectivity index (χ1) is 39.2. The van der Waals surface area contributed by atoms with E-state index in [4.69, 9.17) is 23.3 Å². The number of esters is 3. The molecule has 0 aromatic rings. The molecule has 80 heavy (non-hydrogen) atoms. The lowest BCUT2D eigenvalue weighted by Gasteiger charge is -2.21. The number of rotatable bonds is 60. The van der Waals surface area contributed by atoms with Crippen LogP contribution < -0.4 is 0 Å². The molecule has 0 aliphatic carbocycles. The summed E-state index contributed by atoms with van der Waals surface area (Å²) in [6.45, 7) is 4.43. The van der Waals surface area contributed by atoms with Crippen LogP contribution in [0.15, 0.2) is 85.1 Å². The number of hydrogen-bond acceptors (Lipinski definition) is 10. The summed E-state index contributed by atoms with van der Waals surface area (Å²) in [6, 6.07) is 0. The van der Waals surface area contributed by atoms with Gasteiger partial charge in [0.25, 0.3) is 0 Å². The first kappa shape index (κ1) is 76.7. The van der Waals surface area contributed by atoms with Crippen LogP contribution in [0.5, 0.6) is 0 Å². The van der Waals surface area contributed by atoms with Crippen LogP contribution >= 0.6 is 7.82 Å². The molecule has 0 saturated heterocycles. The Labute approximate surface area is 490 Å². The highest BCUT2D eigenvalue weighted by Gasteiger charge is 2.28. The van der Waals surface area contributed by atoms with E-state index in [1.165, 1.54) is 96.3 Å². The van der Waals surface area contributed by atoms with Crippen LogP contribution in [-0.4, -0.2) is 66.5 Å². The third-order valence-electron chi connectivity index (χ3n) is 13.8. The van der Waals surface area contributed by atoms with Gasteiger partial charge in [-0.1, -0.05) is 266 Å². The Hall–Kier alpha value is -3.34. The minimum Gasteiger partial charge on any atom is -0.462 e. The summed E-state index contributed by atoms with van der Waals surface area (Å²) in [6.07, 6.45) is 72.5. The number of carbonyl (C=O) groups is 3. The molecule has 0 aliphatic heterocycles. The van der Waals surface area contributed by atoms with E-state index in [0.29, 0.717) is 19.3 Å². The Balaban J connectivity index is 4.72. The molecule has 0 heterocycles. The Kier molecular flexibility index (Phi) is 59.1. The third kappa shape index (κ3) is 59.3. The Morgan fingerprint density at radius 3 is 1.00 bits per heavy atom. The minimum atomic E-state index is -4.76. The molecule has 0 aromatic carbocycles. The number of hydrogen-bond donors (Lipinski definition) is 2. The van der Waals surface area contributed by atoms with E-state index in [0.717, 1.165) is 135 Å². The quantitative estimate of drug-likeness (QED) is 0.0197. The number of aliphatic hydroxyl groups is 1. The highest BCUT2D eigenvalue weighted by molar-refractivity contribution is 7.47. The van der Waals surface area contributed by atoms with Crippen molar-refractivity contribution in [3.8, 4) is 0 Å². The maximum Gasteiger partial charge on any atom is 0.472 e. The van der Waals surface area contributed by atoms with Gasteiger partial charge < -0.3 is 24.2 Å². The first-order valence-corrected chi connectivity index (χ1v) is 34.0. The molecule has 3 atom stereocenters. The molecule has 0 rings (SSSR count). The SMILES string of the molecule is CC/C=C\C/C=C\C/C=C\C/C=C\CCCCCCCCC(=O)OC(COC(=O)CCCCCCCCCCCCCCCCCCCCC)COP(=O)(O)OCC(CO)OC(=O)CCCCCCC/C=C\C/C=C\C/C=C\CC. The second kappa shape index (κ2) is 61.7. The zero-order valence-corrected chi connectivity index (χ0v) is 52.2. The standard InChI is InChI=1S/C68H119O11P/c1-4-7-10-13-16-19-22-25-28-30-32-34-37-39-42-45-48-51-54-57-66(70)75-61-65(79-68(72)59-56-53-50-47-44-41-38-35-33-31-29-26-23-20-17-14-11-8-5-2)63-77-80(73,74)76-62-64(60-69)78-67(71)58-55-52-49-46-43-40-36-27-24-21-18-15-12-9-6-3/h8-9,11-12,17-18,20-21,26-27,29,33,35-36,64-65,69H,4-7,10,13-16,19,22-25,28,30-32,34,37-63H2,1-3H3,(H,73,74)/b11-8-,12-9-,20-17-,21-18-,29-26-,35-33-,36-27-. The molecule has 462 valence electrons. The number of aliphatic hydroxyl groups excluding tert-OH is 1. The van der Waals surface area contributed by atoms with Gasteiger partial charge in [0.2, 0.25) is 0 Å². The van der Waals surface area contributed by atoms with E-state index in [1.807, 2.05) is 0 Å². The van der Waals surface area contributed by atoms with Crippen molar-refractivity contribution in [3.63, 3.8) is 0 Å². The van der Waals surface area contributed by atoms with Gasteiger partial charge in [-0.15, -0.1) is 0 Å². The molecular weight excluding hydrogens is 1020 g/mol. The van der Waals surface area contributed by atoms with E-state index in [1.54, 1.807) is 0 Å². The molecule has 0 radical (unpaired) electrons. The normalized spacial score (nSPS) is 13.8. The summed E-state index contributed by atoms with van der Waals surface area (Å²) in [5.41, 5.74) is 0. The molecule has 0 fully saturated rings. The molecule has 0 amide bonds. The van der Waals surface area contributed by atoms with Gasteiger partial charge >= 0.3 is 25.7 Å². The molecule has 12 heteroatoms. The number of unbranched alkanes of at least 4 members (excludes halogenated alkanes) is 29. The monoisotopic (exact) mass is 1140 g/mol. The van der Waals surface area contributed by atoms with Crippen molar-refractivity contribution in [1.29, 1.82) is 0 Å². The molecule has 2 N–H and O–H groups in total. The fourth-order valence-corrected chi connectivity index (χ4v) is 9.74. The fourth-order valence-electron chi connectivity index (χ4n) is 8.95. The van der Waals surface area contributed by atoms with E-state index < -0.39 is 57.8 Å². The van der Waals surface area contributed by atoms with Crippen LogP contribution in [0.25, 0.3) is 0 Å². The van der Waals surface area contributed by atoms with Crippen molar-refractivity contribution in [3.05, 3.63) is 85.1 Å². The number of ether oxygens (including phenoxy) is 3. The lowest BCUT2D eigenvalue weighted by molar-refractivity contribution is -0.161. The smallest absolute Gasteiger partial charge is 0.462 e. The van der Waals surface area contributed by atoms with Crippen molar-refractivity contribution in [2.45, 2.75) is 303 Å². The average molecular weight is 1140 g/mol. The van der Waals surface area contributed by atoms with Crippen molar-refractivity contribution in [2.75, 3.05) is 26.4 Å². The molecule has 0 aromatic heterocycles. The van der Waals surface area contributed by atoms with E-state index in [2.05, 4.69) is 106 Å². The molecule has 0 bridgehead atoms. The fraction of sp³-hybridized carbons (Fsp3) is 0.750. The van der Waals surface area contributed by atoms with Crippen molar-refractivity contribution in [2.24, 2.45) is 0 Å². The largest absolute Gasteiger partial charge is 0.472 e. The van der Waals surface area contributed by atoms with Gasteiger partial charge in [-0.05, 0) is 89.9 Å². The predicted octanol–water partition coefficient (Wildman–Crippen LogP) is 19.8. The molecule has 0 saturated carbocycles. The van der Waals surface area contributed by atoms with Gasteiger partial charge in [0, 0.05) is 19.3 Å². The highest BCUT2D eigenvalue weighted by Crippen LogP contribution is 2.43. The van der Waals surface area contributed by atoms with Gasteiger partial charge in [0.1, 0.15) is 12.7 Å². The topological polar surface area (TPSA) is 155 Å². The number of allylic oxidation sites excluding steroid dienone is 14. The van der Waals surface area contributed by atoms with Crippen LogP contribution in [0, 0.1) is 0 Å². The van der Waals surface area contributed by atoms with Crippen LogP contribution in [-0.2, 0) is 42.2 Å². The van der Waals surface area contributed by atoms with Gasteiger partial charge in [-0.2, -0.15) is 0 Å². The van der Waals surface area contributed by atoms with Gasteiger partial charge in [-0.3, -0.25) is 23.4 Å². The molecule has 3 unspecified atom stereocenters. The third-order valence-corrected chi connectivity index (χ3v) is 14.8. The maximum absolute atomic E-state index is 13.0. The lowest BCUT2D eigenvalue weighted by atomic mass is 10.0. The van der Waals surface area contributed by atoms with Crippen LogP contribution in [0.1, 0.15) is 290 Å².